The van der Waals surface area contributed by atoms with Gasteiger partial charge in [0.1, 0.15) is 0 Å². The van der Waals surface area contributed by atoms with Crippen LogP contribution >= 0.6 is 23.2 Å². The van der Waals surface area contributed by atoms with Crippen molar-refractivity contribution >= 4 is 39.2 Å². The van der Waals surface area contributed by atoms with Crippen LogP contribution in [0.3, 0.4) is 0 Å². The van der Waals surface area contributed by atoms with Crippen LogP contribution in [0.15, 0.2) is 36.5 Å². The van der Waals surface area contributed by atoms with E-state index in [0.717, 1.165) is 12.1 Å². The van der Waals surface area contributed by atoms with Gasteiger partial charge in [0.05, 0.1) is 10.8 Å². The van der Waals surface area contributed by atoms with Gasteiger partial charge < -0.3 is 9.64 Å². The van der Waals surface area contributed by atoms with E-state index in [1.165, 1.54) is 12.3 Å². The van der Waals surface area contributed by atoms with E-state index in [1.807, 2.05) is 31.2 Å². The van der Waals surface area contributed by atoms with Crippen molar-refractivity contribution in [2.24, 2.45) is 0 Å². The molecule has 33 heavy (non-hydrogen) atoms. The smallest absolute Gasteiger partial charge is 0.265 e. The van der Waals surface area contributed by atoms with Crippen molar-refractivity contribution in [2.75, 3.05) is 25.4 Å². The van der Waals surface area contributed by atoms with Crippen LogP contribution in [0.5, 0.6) is 5.88 Å². The summed E-state index contributed by atoms with van der Waals surface area (Å²) < 4.78 is 36.8. The van der Waals surface area contributed by atoms with Crippen LogP contribution in [0, 0.1) is 0 Å². The van der Waals surface area contributed by atoms with Crippen LogP contribution in [-0.4, -0.2) is 71.2 Å². The molecule has 3 rings (SSSR count). The van der Waals surface area contributed by atoms with Crippen molar-refractivity contribution in [3.05, 3.63) is 57.7 Å². The summed E-state index contributed by atoms with van der Waals surface area (Å²) in [5.41, 5.74) is 1.56. The SMILES string of the molecule is C[C@@H]1CN(Cc2ccc(Cl)cc2)[C@@H](C)CN1C(=O)COc1ncc(Cl)cc1CCS(=O)(=O)O. The van der Waals surface area contributed by atoms with Gasteiger partial charge in [0.2, 0.25) is 5.88 Å². The van der Waals surface area contributed by atoms with Gasteiger partial charge >= 0.3 is 0 Å². The van der Waals surface area contributed by atoms with Gasteiger partial charge in [-0.15, -0.1) is 0 Å². The number of aryl methyl sites for hydroxylation is 1. The molecule has 0 spiro atoms. The average Bonchev–Trinajstić information content (AvgIpc) is 2.74. The number of nitrogens with zero attached hydrogens (tertiary/aromatic N) is 3. The topological polar surface area (TPSA) is 100 Å². The van der Waals surface area contributed by atoms with Crippen molar-refractivity contribution in [3.8, 4) is 5.88 Å². The molecule has 8 nitrogen and oxygen atoms in total. The van der Waals surface area contributed by atoms with Crippen molar-refractivity contribution in [3.63, 3.8) is 0 Å². The lowest BCUT2D eigenvalue weighted by Gasteiger charge is -2.44. The number of carbonyl (C=O) groups is 1. The maximum absolute atomic E-state index is 12.9. The molecule has 2 aromatic rings. The Labute approximate surface area is 204 Å². The Morgan fingerprint density at radius 2 is 1.85 bits per heavy atom. The van der Waals surface area contributed by atoms with Crippen LogP contribution in [0.1, 0.15) is 25.0 Å². The minimum atomic E-state index is -4.16. The fourth-order valence-corrected chi connectivity index (χ4v) is 4.60. The molecule has 0 unspecified atom stereocenters. The van der Waals surface area contributed by atoms with Gasteiger partial charge in [-0.3, -0.25) is 14.2 Å². The molecule has 0 bridgehead atoms. The molecule has 0 aliphatic carbocycles. The molecule has 1 amide bonds. The van der Waals surface area contributed by atoms with Gasteiger partial charge in [0.15, 0.2) is 6.61 Å². The number of ether oxygens (including phenoxy) is 1. The fourth-order valence-electron chi connectivity index (χ4n) is 3.82. The quantitative estimate of drug-likeness (QED) is 0.538. The molecular formula is C22H27Cl2N3O5S. The highest BCUT2D eigenvalue weighted by molar-refractivity contribution is 7.85. The number of hydrogen-bond acceptors (Lipinski definition) is 6. The molecule has 1 aliphatic heterocycles. The number of amides is 1. The normalized spacial score (nSPS) is 19.5. The molecule has 1 N–H and O–H groups in total. The summed E-state index contributed by atoms with van der Waals surface area (Å²) in [5.74, 6) is -0.555. The largest absolute Gasteiger partial charge is 0.467 e. The second-order valence-corrected chi connectivity index (χ2v) is 10.7. The molecular weight excluding hydrogens is 489 g/mol. The first kappa shape index (κ1) is 25.7. The monoisotopic (exact) mass is 515 g/mol. The minimum Gasteiger partial charge on any atom is -0.467 e. The van der Waals surface area contributed by atoms with Crippen LogP contribution < -0.4 is 4.74 Å². The first-order valence-corrected chi connectivity index (χ1v) is 12.9. The number of hydrogen-bond donors (Lipinski definition) is 1. The molecule has 1 fully saturated rings. The molecule has 1 aromatic carbocycles. The highest BCUT2D eigenvalue weighted by Crippen LogP contribution is 2.22. The van der Waals surface area contributed by atoms with Crippen molar-refractivity contribution in [2.45, 2.75) is 38.9 Å². The zero-order chi connectivity index (χ0) is 24.2. The van der Waals surface area contributed by atoms with Gasteiger partial charge in [-0.05, 0) is 44.0 Å². The highest BCUT2D eigenvalue weighted by Gasteiger charge is 2.32. The third kappa shape index (κ3) is 7.55. The summed E-state index contributed by atoms with van der Waals surface area (Å²) in [6, 6.07) is 9.41. The molecule has 1 saturated heterocycles. The van der Waals surface area contributed by atoms with E-state index in [0.29, 0.717) is 28.7 Å². The first-order valence-electron chi connectivity index (χ1n) is 10.5. The summed E-state index contributed by atoms with van der Waals surface area (Å²) in [6.45, 7) is 5.89. The lowest BCUT2D eigenvalue weighted by Crippen LogP contribution is -2.58. The summed E-state index contributed by atoms with van der Waals surface area (Å²) in [6.07, 6.45) is 1.32. The molecule has 0 radical (unpaired) electrons. The van der Waals surface area contributed by atoms with E-state index in [2.05, 4.69) is 16.8 Å². The molecule has 2 heterocycles. The van der Waals surface area contributed by atoms with Gasteiger partial charge in [0.25, 0.3) is 16.0 Å². The molecule has 180 valence electrons. The highest BCUT2D eigenvalue weighted by atomic mass is 35.5. The number of rotatable bonds is 8. The summed E-state index contributed by atoms with van der Waals surface area (Å²) in [7, 11) is -4.16. The predicted molar refractivity (Wildman–Crippen MR) is 127 cm³/mol. The molecule has 2 atom stereocenters. The number of piperazine rings is 1. The third-order valence-electron chi connectivity index (χ3n) is 5.59. The Hall–Kier alpha value is -1.91. The zero-order valence-electron chi connectivity index (χ0n) is 18.4. The summed E-state index contributed by atoms with van der Waals surface area (Å²) in [4.78, 5) is 21.1. The van der Waals surface area contributed by atoms with Crippen LogP contribution in [0.25, 0.3) is 0 Å². The van der Waals surface area contributed by atoms with E-state index in [4.69, 9.17) is 32.5 Å². The Morgan fingerprint density at radius 1 is 1.15 bits per heavy atom. The average molecular weight is 516 g/mol. The van der Waals surface area contributed by atoms with Gasteiger partial charge in [-0.25, -0.2) is 4.98 Å². The van der Waals surface area contributed by atoms with Crippen LogP contribution in [-0.2, 0) is 27.9 Å². The van der Waals surface area contributed by atoms with Crippen molar-refractivity contribution < 1.29 is 22.5 Å². The summed E-state index contributed by atoms with van der Waals surface area (Å²) >= 11 is 11.9. The second kappa shape index (κ2) is 11.0. The minimum absolute atomic E-state index is 0.0122. The van der Waals surface area contributed by atoms with Crippen molar-refractivity contribution in [1.29, 1.82) is 0 Å². The van der Waals surface area contributed by atoms with E-state index in [-0.39, 0.29) is 36.9 Å². The molecule has 11 heteroatoms. The Morgan fingerprint density at radius 3 is 2.52 bits per heavy atom. The summed E-state index contributed by atoms with van der Waals surface area (Å²) in [5, 5.41) is 1.00. The fraction of sp³-hybridized carbons (Fsp3) is 0.455. The molecule has 1 aromatic heterocycles. The number of pyridine rings is 1. The Balaban J connectivity index is 1.59. The number of aromatic nitrogens is 1. The number of carbonyl (C=O) groups excluding carboxylic acids is 1. The molecule has 1 aliphatic rings. The van der Waals surface area contributed by atoms with Crippen LogP contribution in [0.2, 0.25) is 10.0 Å². The van der Waals surface area contributed by atoms with E-state index in [1.54, 1.807) is 4.90 Å². The Bertz CT molecular complexity index is 1080. The van der Waals surface area contributed by atoms with E-state index in [9.17, 15) is 13.2 Å². The van der Waals surface area contributed by atoms with Gasteiger partial charge in [-0.1, -0.05) is 35.3 Å². The van der Waals surface area contributed by atoms with E-state index >= 15 is 0 Å². The standard InChI is InChI=1S/C22H27Cl2N3O5S/c1-15-12-27(16(2)11-26(15)13-17-3-5-19(23)6-4-17)21(28)14-32-22-18(7-8-33(29,30)31)9-20(24)10-25-22/h3-6,9-10,15-16H,7-8,11-14H2,1-2H3,(H,29,30,31)/t15-,16+/m0/s1. The maximum atomic E-state index is 12.9. The number of halogens is 2. The lowest BCUT2D eigenvalue weighted by molar-refractivity contribution is -0.139. The first-order chi connectivity index (χ1) is 15.5. The van der Waals surface area contributed by atoms with Crippen molar-refractivity contribution in [1.82, 2.24) is 14.8 Å². The second-order valence-electron chi connectivity index (χ2n) is 8.24. The predicted octanol–water partition coefficient (Wildman–Crippen LogP) is 3.32. The Kier molecular flexibility index (Phi) is 8.58. The van der Waals surface area contributed by atoms with Gasteiger partial charge in [-0.2, -0.15) is 8.42 Å². The number of benzene rings is 1. The zero-order valence-corrected chi connectivity index (χ0v) is 20.8. The maximum Gasteiger partial charge on any atom is 0.265 e. The van der Waals surface area contributed by atoms with Gasteiger partial charge in [0, 0.05) is 48.5 Å². The molecule has 0 saturated carbocycles. The van der Waals surface area contributed by atoms with Crippen LogP contribution in [0.4, 0.5) is 0 Å². The third-order valence-corrected chi connectivity index (χ3v) is 6.77. The van der Waals surface area contributed by atoms with E-state index < -0.39 is 15.9 Å². The lowest BCUT2D eigenvalue weighted by atomic mass is 10.1.